The van der Waals surface area contributed by atoms with Crippen molar-refractivity contribution in [3.63, 3.8) is 0 Å². The molecule has 1 aliphatic carbocycles. The van der Waals surface area contributed by atoms with E-state index in [9.17, 15) is 0 Å². The molecular formula is C14H24N2. The summed E-state index contributed by atoms with van der Waals surface area (Å²) >= 11 is 0. The second kappa shape index (κ2) is 5.03. The number of fused-ring (bicyclic) bond motifs is 1. The third-order valence-electron chi connectivity index (χ3n) is 4.15. The number of nitrogens with zero attached hydrogens (tertiary/aromatic N) is 1. The Balaban J connectivity index is 2.25. The molecule has 1 heterocycles. The maximum atomic E-state index is 4.31. The monoisotopic (exact) mass is 220 g/mol. The van der Waals surface area contributed by atoms with Gasteiger partial charge in [-0.2, -0.15) is 5.10 Å². The Morgan fingerprint density at radius 2 is 2.12 bits per heavy atom. The van der Waals surface area contributed by atoms with Crippen LogP contribution in [0.4, 0.5) is 0 Å². The average Bonchev–Trinajstić information content (AvgIpc) is 2.19. The van der Waals surface area contributed by atoms with E-state index in [0.717, 1.165) is 11.8 Å². The molecule has 2 unspecified atom stereocenters. The van der Waals surface area contributed by atoms with Crippen LogP contribution in [-0.2, 0) is 0 Å². The summed E-state index contributed by atoms with van der Waals surface area (Å²) in [4.78, 5) is 0. The molecule has 2 atom stereocenters. The summed E-state index contributed by atoms with van der Waals surface area (Å²) in [5, 5.41) is 4.31. The standard InChI is InChI=1S/C14H24N2/c1-10(2)12-7-5-4-6-8-13-11(3)16-15-9-14(12)13/h9-10,12,14,16H,4-8H2,1-3H3. The van der Waals surface area contributed by atoms with Crippen molar-refractivity contribution in [2.75, 3.05) is 0 Å². The van der Waals surface area contributed by atoms with Crippen molar-refractivity contribution in [1.29, 1.82) is 0 Å². The minimum atomic E-state index is 0.599. The topological polar surface area (TPSA) is 24.4 Å². The van der Waals surface area contributed by atoms with Crippen LogP contribution >= 0.6 is 0 Å². The molecule has 1 aliphatic heterocycles. The lowest BCUT2D eigenvalue weighted by molar-refractivity contribution is 0.288. The molecule has 1 saturated carbocycles. The summed E-state index contributed by atoms with van der Waals surface area (Å²) < 4.78 is 0. The molecule has 0 aromatic rings. The summed E-state index contributed by atoms with van der Waals surface area (Å²) in [5.74, 6) is 2.15. The molecule has 0 radical (unpaired) electrons. The zero-order chi connectivity index (χ0) is 11.5. The quantitative estimate of drug-likeness (QED) is 0.716. The number of hydrogen-bond acceptors (Lipinski definition) is 2. The first-order valence-electron chi connectivity index (χ1n) is 6.69. The second-order valence-corrected chi connectivity index (χ2v) is 5.57. The first-order chi connectivity index (χ1) is 7.70. The molecular weight excluding hydrogens is 196 g/mol. The van der Waals surface area contributed by atoms with Crippen LogP contribution < -0.4 is 5.43 Å². The highest BCUT2D eigenvalue weighted by atomic mass is 15.3. The van der Waals surface area contributed by atoms with Gasteiger partial charge in [-0.25, -0.2) is 0 Å². The Labute approximate surface area is 99.2 Å². The molecule has 0 aromatic carbocycles. The highest BCUT2D eigenvalue weighted by Crippen LogP contribution is 2.37. The lowest BCUT2D eigenvalue weighted by Gasteiger charge is -2.34. The molecule has 0 spiro atoms. The molecule has 2 rings (SSSR count). The smallest absolute Gasteiger partial charge is 0.0321 e. The molecule has 0 saturated heterocycles. The van der Waals surface area contributed by atoms with Crippen LogP contribution in [0, 0.1) is 17.8 Å². The Morgan fingerprint density at radius 1 is 1.31 bits per heavy atom. The first-order valence-corrected chi connectivity index (χ1v) is 6.69. The highest BCUT2D eigenvalue weighted by molar-refractivity contribution is 5.67. The van der Waals surface area contributed by atoms with E-state index in [2.05, 4.69) is 37.5 Å². The Morgan fingerprint density at radius 3 is 2.88 bits per heavy atom. The van der Waals surface area contributed by atoms with Gasteiger partial charge >= 0.3 is 0 Å². The fraction of sp³-hybridized carbons (Fsp3) is 0.786. The largest absolute Gasteiger partial charge is 0.283 e. The summed E-state index contributed by atoms with van der Waals surface area (Å²) in [5.41, 5.74) is 6.06. The fourth-order valence-corrected chi connectivity index (χ4v) is 3.15. The van der Waals surface area contributed by atoms with Crippen molar-refractivity contribution in [3.05, 3.63) is 11.3 Å². The van der Waals surface area contributed by atoms with Crippen molar-refractivity contribution in [2.45, 2.75) is 52.9 Å². The van der Waals surface area contributed by atoms with Gasteiger partial charge in [0.05, 0.1) is 0 Å². The summed E-state index contributed by atoms with van der Waals surface area (Å²) in [6, 6.07) is 0. The highest BCUT2D eigenvalue weighted by Gasteiger charge is 2.29. The van der Waals surface area contributed by atoms with Gasteiger partial charge in [0.15, 0.2) is 0 Å². The van der Waals surface area contributed by atoms with Crippen LogP contribution in [0.1, 0.15) is 52.9 Å². The SMILES string of the molecule is CC1=C2CCCCCC(C(C)C)C2C=NN1. The minimum Gasteiger partial charge on any atom is -0.283 e. The summed E-state index contributed by atoms with van der Waals surface area (Å²) in [6.07, 6.45) is 8.92. The number of nitrogens with one attached hydrogen (secondary N) is 1. The van der Waals surface area contributed by atoms with Gasteiger partial charge in [-0.05, 0) is 43.6 Å². The van der Waals surface area contributed by atoms with Crippen LogP contribution in [-0.4, -0.2) is 6.21 Å². The minimum absolute atomic E-state index is 0.599. The summed E-state index contributed by atoms with van der Waals surface area (Å²) in [7, 11) is 0. The van der Waals surface area contributed by atoms with Crippen LogP contribution in [0.15, 0.2) is 16.4 Å². The molecule has 16 heavy (non-hydrogen) atoms. The molecule has 2 nitrogen and oxygen atoms in total. The molecule has 0 bridgehead atoms. The number of allylic oxidation sites excluding steroid dienone is 2. The van der Waals surface area contributed by atoms with Crippen LogP contribution in [0.5, 0.6) is 0 Å². The number of rotatable bonds is 1. The van der Waals surface area contributed by atoms with Gasteiger partial charge < -0.3 is 0 Å². The van der Waals surface area contributed by atoms with Crippen molar-refractivity contribution in [1.82, 2.24) is 5.43 Å². The van der Waals surface area contributed by atoms with E-state index in [1.165, 1.54) is 37.8 Å². The van der Waals surface area contributed by atoms with Crippen LogP contribution in [0.2, 0.25) is 0 Å². The molecule has 2 aliphatic rings. The lowest BCUT2D eigenvalue weighted by atomic mass is 9.73. The Kier molecular flexibility index (Phi) is 3.67. The van der Waals surface area contributed by atoms with Gasteiger partial charge in [-0.3, -0.25) is 5.43 Å². The molecule has 1 N–H and O–H groups in total. The van der Waals surface area contributed by atoms with E-state index in [-0.39, 0.29) is 0 Å². The lowest BCUT2D eigenvalue weighted by Crippen LogP contribution is -2.30. The maximum Gasteiger partial charge on any atom is 0.0321 e. The average molecular weight is 220 g/mol. The molecule has 90 valence electrons. The van der Waals surface area contributed by atoms with Gasteiger partial charge in [0, 0.05) is 17.8 Å². The van der Waals surface area contributed by atoms with Crippen molar-refractivity contribution < 1.29 is 0 Å². The van der Waals surface area contributed by atoms with Crippen molar-refractivity contribution in [3.8, 4) is 0 Å². The molecule has 1 fully saturated rings. The second-order valence-electron chi connectivity index (χ2n) is 5.57. The van der Waals surface area contributed by atoms with Gasteiger partial charge in [-0.15, -0.1) is 0 Å². The summed E-state index contributed by atoms with van der Waals surface area (Å²) in [6.45, 7) is 6.89. The first kappa shape index (κ1) is 11.7. The van der Waals surface area contributed by atoms with Crippen molar-refractivity contribution in [2.24, 2.45) is 22.9 Å². The molecule has 2 heteroatoms. The van der Waals surface area contributed by atoms with E-state index in [0.29, 0.717) is 5.92 Å². The third-order valence-corrected chi connectivity index (χ3v) is 4.15. The van der Waals surface area contributed by atoms with Gasteiger partial charge in [0.2, 0.25) is 0 Å². The van der Waals surface area contributed by atoms with Gasteiger partial charge in [-0.1, -0.05) is 26.7 Å². The van der Waals surface area contributed by atoms with Gasteiger partial charge in [0.1, 0.15) is 0 Å². The number of hydrazone groups is 1. The number of hydrogen-bond donors (Lipinski definition) is 1. The Bertz CT molecular complexity index is 302. The zero-order valence-corrected chi connectivity index (χ0v) is 10.8. The maximum absolute atomic E-state index is 4.31. The predicted octanol–water partition coefficient (Wildman–Crippen LogP) is 3.70. The van der Waals surface area contributed by atoms with Crippen LogP contribution in [0.3, 0.4) is 0 Å². The normalized spacial score (nSPS) is 30.8. The van der Waals surface area contributed by atoms with Gasteiger partial charge in [0.25, 0.3) is 0 Å². The van der Waals surface area contributed by atoms with E-state index >= 15 is 0 Å². The van der Waals surface area contributed by atoms with E-state index in [1.54, 1.807) is 5.57 Å². The van der Waals surface area contributed by atoms with E-state index in [4.69, 9.17) is 0 Å². The zero-order valence-electron chi connectivity index (χ0n) is 10.8. The fourth-order valence-electron chi connectivity index (χ4n) is 3.15. The van der Waals surface area contributed by atoms with Crippen molar-refractivity contribution >= 4 is 6.21 Å². The van der Waals surface area contributed by atoms with Crippen LogP contribution in [0.25, 0.3) is 0 Å². The van der Waals surface area contributed by atoms with E-state index in [1.807, 2.05) is 0 Å². The third kappa shape index (κ3) is 2.31. The predicted molar refractivity (Wildman–Crippen MR) is 69.2 cm³/mol. The molecule has 0 amide bonds. The molecule has 0 aromatic heterocycles. The Hall–Kier alpha value is -0.790. The van der Waals surface area contributed by atoms with E-state index < -0.39 is 0 Å².